The van der Waals surface area contributed by atoms with Gasteiger partial charge in [-0.2, -0.15) is 26.3 Å². The molecule has 102 valence electrons. The molecule has 0 N–H and O–H groups in total. The number of rotatable bonds is 1. The molecule has 1 heterocycles. The van der Waals surface area contributed by atoms with E-state index in [1.54, 1.807) is 0 Å². The number of hydrogen-bond acceptors (Lipinski definition) is 2. The maximum absolute atomic E-state index is 12.6. The third-order valence-electron chi connectivity index (χ3n) is 2.50. The minimum Gasteiger partial charge on any atom is -0.332 e. The van der Waals surface area contributed by atoms with Crippen LogP contribution in [-0.4, -0.2) is 30.3 Å². The minimum atomic E-state index is -5.66. The van der Waals surface area contributed by atoms with Gasteiger partial charge in [0.2, 0.25) is 0 Å². The number of hydrogen-bond donors (Lipinski definition) is 0. The third-order valence-corrected chi connectivity index (χ3v) is 2.50. The molecule has 0 aromatic rings. The van der Waals surface area contributed by atoms with E-state index in [1.807, 2.05) is 0 Å². The van der Waals surface area contributed by atoms with Crippen molar-refractivity contribution in [2.75, 3.05) is 0 Å². The second-order valence-corrected chi connectivity index (χ2v) is 3.92. The Bertz CT molecular complexity index is 258. The predicted molar refractivity (Wildman–Crippen MR) is 45.2 cm³/mol. The number of alkyl halides is 6. The fraction of sp³-hybridized carbons (Fsp3) is 1.00. The molecule has 0 saturated carbocycles. The molecule has 1 aliphatic rings. The second kappa shape index (κ2) is 4.31. The van der Waals surface area contributed by atoms with Gasteiger partial charge in [0.1, 0.15) is 0 Å². The van der Waals surface area contributed by atoms with E-state index in [0.29, 0.717) is 0 Å². The van der Waals surface area contributed by atoms with Gasteiger partial charge in [-0.15, -0.1) is 0 Å². The molecule has 8 heteroatoms. The predicted octanol–water partition coefficient (Wildman–Crippen LogP) is 3.41. The second-order valence-electron chi connectivity index (χ2n) is 3.92. The number of ether oxygens (including phenoxy) is 2. The van der Waals surface area contributed by atoms with Crippen LogP contribution in [0.3, 0.4) is 0 Å². The highest BCUT2D eigenvalue weighted by molar-refractivity contribution is 4.92. The molecule has 2 nitrogen and oxygen atoms in total. The van der Waals surface area contributed by atoms with Gasteiger partial charge in [0.25, 0.3) is 0 Å². The van der Waals surface area contributed by atoms with Crippen LogP contribution in [0.25, 0.3) is 0 Å². The van der Waals surface area contributed by atoms with Gasteiger partial charge in [-0.1, -0.05) is 6.92 Å². The summed E-state index contributed by atoms with van der Waals surface area (Å²) in [5, 5.41) is 0. The van der Waals surface area contributed by atoms with Crippen LogP contribution >= 0.6 is 0 Å². The lowest BCUT2D eigenvalue weighted by Crippen LogP contribution is -2.65. The highest BCUT2D eigenvalue weighted by Gasteiger charge is 2.76. The van der Waals surface area contributed by atoms with Crippen molar-refractivity contribution in [3.63, 3.8) is 0 Å². The van der Waals surface area contributed by atoms with Crippen LogP contribution in [0.2, 0.25) is 0 Å². The van der Waals surface area contributed by atoms with Gasteiger partial charge >= 0.3 is 18.1 Å². The van der Waals surface area contributed by atoms with E-state index in [9.17, 15) is 26.3 Å². The van der Waals surface area contributed by atoms with Crippen molar-refractivity contribution in [2.45, 2.75) is 57.0 Å². The Kier molecular flexibility index (Phi) is 3.69. The lowest BCUT2D eigenvalue weighted by Gasteiger charge is -2.44. The average molecular weight is 266 g/mol. The highest BCUT2D eigenvalue weighted by Crippen LogP contribution is 2.50. The number of halogens is 6. The Labute approximate surface area is 93.9 Å². The Balaban J connectivity index is 3.15. The molecule has 0 aromatic carbocycles. The Morgan fingerprint density at radius 3 is 1.88 bits per heavy atom. The van der Waals surface area contributed by atoms with Crippen molar-refractivity contribution >= 4 is 0 Å². The monoisotopic (exact) mass is 266 g/mol. The zero-order valence-corrected chi connectivity index (χ0v) is 9.15. The SMILES string of the molecule is CCC1CC(C)OC(C(F)(F)F)(C(F)(F)F)O1. The molecule has 1 aliphatic heterocycles. The fourth-order valence-corrected chi connectivity index (χ4v) is 1.69. The van der Waals surface area contributed by atoms with E-state index in [4.69, 9.17) is 0 Å². The van der Waals surface area contributed by atoms with Crippen LogP contribution in [0.5, 0.6) is 0 Å². The topological polar surface area (TPSA) is 18.5 Å². The Hall–Kier alpha value is -0.500. The molecule has 1 rings (SSSR count). The van der Waals surface area contributed by atoms with Gasteiger partial charge < -0.3 is 9.47 Å². The van der Waals surface area contributed by atoms with Gasteiger partial charge in [0.15, 0.2) is 0 Å². The molecule has 1 saturated heterocycles. The molecule has 2 unspecified atom stereocenters. The molecule has 2 atom stereocenters. The van der Waals surface area contributed by atoms with Crippen LogP contribution in [0.4, 0.5) is 26.3 Å². The highest BCUT2D eigenvalue weighted by atomic mass is 19.4. The third kappa shape index (κ3) is 2.52. The van der Waals surface area contributed by atoms with E-state index < -0.39 is 30.3 Å². The molecule has 0 amide bonds. The van der Waals surface area contributed by atoms with Gasteiger partial charge in [0.05, 0.1) is 12.2 Å². The molecule has 0 aromatic heterocycles. The van der Waals surface area contributed by atoms with Gasteiger partial charge in [-0.3, -0.25) is 0 Å². The summed E-state index contributed by atoms with van der Waals surface area (Å²) in [5.74, 6) is -4.50. The van der Waals surface area contributed by atoms with Crippen molar-refractivity contribution in [1.82, 2.24) is 0 Å². The van der Waals surface area contributed by atoms with Crippen molar-refractivity contribution in [3.05, 3.63) is 0 Å². The lowest BCUT2D eigenvalue weighted by molar-refractivity contribution is -0.498. The van der Waals surface area contributed by atoms with Crippen molar-refractivity contribution in [2.24, 2.45) is 0 Å². The summed E-state index contributed by atoms with van der Waals surface area (Å²) in [4.78, 5) is 0. The van der Waals surface area contributed by atoms with E-state index in [0.717, 1.165) is 6.92 Å². The molecule has 0 aliphatic carbocycles. The standard InChI is InChI=1S/C9H12F6O2/c1-3-6-4-5(2)16-7(17-6,8(10,11)12)9(13,14)15/h5-6H,3-4H2,1-2H3. The van der Waals surface area contributed by atoms with Crippen LogP contribution in [-0.2, 0) is 9.47 Å². The summed E-state index contributed by atoms with van der Waals surface area (Å²) in [5.41, 5.74) is 0. The summed E-state index contributed by atoms with van der Waals surface area (Å²) >= 11 is 0. The zero-order chi connectivity index (χ0) is 13.5. The largest absolute Gasteiger partial charge is 0.453 e. The van der Waals surface area contributed by atoms with Gasteiger partial charge in [-0.25, -0.2) is 0 Å². The normalized spacial score (nSPS) is 30.4. The first-order valence-electron chi connectivity index (χ1n) is 5.02. The molecule has 0 radical (unpaired) electrons. The van der Waals surface area contributed by atoms with Crippen molar-refractivity contribution < 1.29 is 35.8 Å². The van der Waals surface area contributed by atoms with Crippen molar-refractivity contribution in [1.29, 1.82) is 0 Å². The smallest absolute Gasteiger partial charge is 0.332 e. The van der Waals surface area contributed by atoms with Gasteiger partial charge in [0, 0.05) is 0 Å². The Morgan fingerprint density at radius 1 is 1.06 bits per heavy atom. The molecule has 0 bridgehead atoms. The summed E-state index contributed by atoms with van der Waals surface area (Å²) in [7, 11) is 0. The van der Waals surface area contributed by atoms with Gasteiger partial charge in [-0.05, 0) is 19.8 Å². The van der Waals surface area contributed by atoms with Crippen LogP contribution in [0.1, 0.15) is 26.7 Å². The van der Waals surface area contributed by atoms with E-state index in [-0.39, 0.29) is 12.8 Å². The van der Waals surface area contributed by atoms with E-state index >= 15 is 0 Å². The molecule has 17 heavy (non-hydrogen) atoms. The summed E-state index contributed by atoms with van der Waals surface area (Å²) in [6.07, 6.45) is -13.5. The quantitative estimate of drug-likeness (QED) is 0.677. The lowest BCUT2D eigenvalue weighted by atomic mass is 10.1. The summed E-state index contributed by atoms with van der Waals surface area (Å²) < 4.78 is 83.8. The maximum Gasteiger partial charge on any atom is 0.453 e. The van der Waals surface area contributed by atoms with E-state index in [2.05, 4.69) is 9.47 Å². The first kappa shape index (κ1) is 14.6. The summed E-state index contributed by atoms with van der Waals surface area (Å²) in [6.45, 7) is 2.62. The molecule has 0 spiro atoms. The average Bonchev–Trinajstić information content (AvgIpc) is 2.13. The van der Waals surface area contributed by atoms with Crippen LogP contribution < -0.4 is 0 Å². The first-order chi connectivity index (χ1) is 7.53. The first-order valence-corrected chi connectivity index (χ1v) is 5.02. The maximum atomic E-state index is 12.6. The fourth-order valence-electron chi connectivity index (χ4n) is 1.69. The van der Waals surface area contributed by atoms with Crippen molar-refractivity contribution in [3.8, 4) is 0 Å². The minimum absolute atomic E-state index is 0.00438. The molecular weight excluding hydrogens is 254 g/mol. The van der Waals surface area contributed by atoms with Crippen LogP contribution in [0.15, 0.2) is 0 Å². The van der Waals surface area contributed by atoms with E-state index in [1.165, 1.54) is 6.92 Å². The van der Waals surface area contributed by atoms with Crippen LogP contribution in [0, 0.1) is 0 Å². The Morgan fingerprint density at radius 2 is 1.53 bits per heavy atom. The molecular formula is C9H12F6O2. The zero-order valence-electron chi connectivity index (χ0n) is 9.15. The summed E-state index contributed by atoms with van der Waals surface area (Å²) in [6, 6.07) is 0. The molecule has 1 fully saturated rings.